The van der Waals surface area contributed by atoms with E-state index in [0.29, 0.717) is 5.56 Å². The summed E-state index contributed by atoms with van der Waals surface area (Å²) in [5, 5.41) is 6.29. The van der Waals surface area contributed by atoms with Crippen LogP contribution in [0.5, 0.6) is 0 Å². The first kappa shape index (κ1) is 20.2. The van der Waals surface area contributed by atoms with E-state index in [4.69, 9.17) is 5.73 Å². The molecule has 5 heteroatoms. The molecule has 1 heterocycles. The standard InChI is InChI=1S/C23H32N4O/c1-3-5-7-8-17-9-11-18(12-10-17)22(28)25-19-13-14-21-20(16-19)26-23(24)27(21)15-6-4-2/h9-14,16,23,26H,3-8,15,24H2,1-2H3,(H,25,28). The normalized spacial score (nSPS) is 15.2. The largest absolute Gasteiger partial charge is 0.351 e. The van der Waals surface area contributed by atoms with Crippen molar-refractivity contribution < 1.29 is 4.79 Å². The van der Waals surface area contributed by atoms with Gasteiger partial charge in [-0.15, -0.1) is 0 Å². The summed E-state index contributed by atoms with van der Waals surface area (Å²) >= 11 is 0. The Balaban J connectivity index is 1.63. The number of unbranched alkanes of at least 4 members (excludes halogenated alkanes) is 3. The topological polar surface area (TPSA) is 70.4 Å². The van der Waals surface area contributed by atoms with E-state index < -0.39 is 0 Å². The molecule has 0 fully saturated rings. The van der Waals surface area contributed by atoms with E-state index in [9.17, 15) is 4.79 Å². The van der Waals surface area contributed by atoms with Gasteiger partial charge in [0.15, 0.2) is 6.29 Å². The zero-order valence-electron chi connectivity index (χ0n) is 17.0. The fourth-order valence-electron chi connectivity index (χ4n) is 3.56. The van der Waals surface area contributed by atoms with Gasteiger partial charge in [0.25, 0.3) is 5.91 Å². The molecule has 1 unspecified atom stereocenters. The zero-order valence-corrected chi connectivity index (χ0v) is 17.0. The van der Waals surface area contributed by atoms with Crippen LogP contribution >= 0.6 is 0 Å². The molecule has 2 aromatic carbocycles. The molecule has 1 aliphatic heterocycles. The van der Waals surface area contributed by atoms with Gasteiger partial charge in [-0.25, -0.2) is 0 Å². The summed E-state index contributed by atoms with van der Waals surface area (Å²) in [5.74, 6) is -0.0924. The van der Waals surface area contributed by atoms with Gasteiger partial charge in [-0.2, -0.15) is 0 Å². The first-order chi connectivity index (χ1) is 13.6. The van der Waals surface area contributed by atoms with Gasteiger partial charge in [-0.3, -0.25) is 10.5 Å². The third kappa shape index (κ3) is 4.84. The maximum Gasteiger partial charge on any atom is 0.255 e. The van der Waals surface area contributed by atoms with E-state index in [1.165, 1.54) is 24.8 Å². The van der Waals surface area contributed by atoms with Gasteiger partial charge in [0, 0.05) is 17.8 Å². The second-order valence-electron chi connectivity index (χ2n) is 7.48. The average molecular weight is 381 g/mol. The molecule has 5 nitrogen and oxygen atoms in total. The Hall–Kier alpha value is -2.53. The molecule has 28 heavy (non-hydrogen) atoms. The smallest absolute Gasteiger partial charge is 0.255 e. The maximum absolute atomic E-state index is 12.6. The number of nitrogens with one attached hydrogen (secondary N) is 2. The third-order valence-electron chi connectivity index (χ3n) is 5.24. The Labute approximate surface area is 168 Å². The number of aryl methyl sites for hydroxylation is 1. The fraction of sp³-hybridized carbons (Fsp3) is 0.435. The molecule has 150 valence electrons. The van der Waals surface area contributed by atoms with Crippen molar-refractivity contribution >= 4 is 23.0 Å². The summed E-state index contributed by atoms with van der Waals surface area (Å²) < 4.78 is 0. The fourth-order valence-corrected chi connectivity index (χ4v) is 3.56. The first-order valence-corrected chi connectivity index (χ1v) is 10.5. The lowest BCUT2D eigenvalue weighted by Crippen LogP contribution is -2.43. The van der Waals surface area contributed by atoms with Crippen molar-refractivity contribution in [3.8, 4) is 0 Å². The van der Waals surface area contributed by atoms with Gasteiger partial charge in [0.05, 0.1) is 11.4 Å². The second-order valence-corrected chi connectivity index (χ2v) is 7.48. The quantitative estimate of drug-likeness (QED) is 0.539. The zero-order chi connectivity index (χ0) is 19.9. The van der Waals surface area contributed by atoms with Crippen LogP contribution < -0.4 is 21.3 Å². The number of rotatable bonds is 9. The number of anilines is 3. The van der Waals surface area contributed by atoms with Gasteiger partial charge >= 0.3 is 0 Å². The number of amides is 1. The van der Waals surface area contributed by atoms with Crippen molar-refractivity contribution in [3.63, 3.8) is 0 Å². The summed E-state index contributed by atoms with van der Waals surface area (Å²) in [6.45, 7) is 5.30. The van der Waals surface area contributed by atoms with E-state index in [-0.39, 0.29) is 12.2 Å². The van der Waals surface area contributed by atoms with Crippen LogP contribution in [0.15, 0.2) is 42.5 Å². The molecule has 0 aliphatic carbocycles. The summed E-state index contributed by atoms with van der Waals surface area (Å²) in [5.41, 5.74) is 11.0. The predicted octanol–water partition coefficient (Wildman–Crippen LogP) is 4.95. The Morgan fingerprint density at radius 1 is 1.07 bits per heavy atom. The lowest BCUT2D eigenvalue weighted by atomic mass is 10.1. The highest BCUT2D eigenvalue weighted by Gasteiger charge is 2.25. The molecule has 0 saturated heterocycles. The molecular formula is C23H32N4O. The number of fused-ring (bicyclic) bond motifs is 1. The van der Waals surface area contributed by atoms with Crippen LogP contribution in [-0.4, -0.2) is 18.7 Å². The summed E-state index contributed by atoms with van der Waals surface area (Å²) in [6, 6.07) is 13.8. The van der Waals surface area contributed by atoms with Crippen molar-refractivity contribution in [2.24, 2.45) is 5.73 Å². The van der Waals surface area contributed by atoms with Crippen LogP contribution in [0, 0.1) is 0 Å². The summed E-state index contributed by atoms with van der Waals surface area (Å²) in [7, 11) is 0. The summed E-state index contributed by atoms with van der Waals surface area (Å²) in [6.07, 6.45) is 6.74. The number of carbonyl (C=O) groups excluding carboxylic acids is 1. The van der Waals surface area contributed by atoms with Crippen LogP contribution in [0.3, 0.4) is 0 Å². The molecule has 0 radical (unpaired) electrons. The molecule has 0 spiro atoms. The van der Waals surface area contributed by atoms with Gasteiger partial charge < -0.3 is 15.5 Å². The molecule has 0 bridgehead atoms. The molecule has 1 amide bonds. The number of benzene rings is 2. The van der Waals surface area contributed by atoms with Crippen LogP contribution in [-0.2, 0) is 6.42 Å². The van der Waals surface area contributed by atoms with E-state index in [1.807, 2.05) is 30.3 Å². The number of carbonyl (C=O) groups is 1. The molecule has 0 saturated carbocycles. The predicted molar refractivity (Wildman–Crippen MR) is 118 cm³/mol. The first-order valence-electron chi connectivity index (χ1n) is 10.5. The monoisotopic (exact) mass is 380 g/mol. The highest BCUT2D eigenvalue weighted by molar-refractivity contribution is 6.04. The highest BCUT2D eigenvalue weighted by Crippen LogP contribution is 2.35. The van der Waals surface area contributed by atoms with Crippen molar-refractivity contribution in [2.45, 2.75) is 58.7 Å². The molecule has 2 aromatic rings. The highest BCUT2D eigenvalue weighted by atomic mass is 16.1. The SMILES string of the molecule is CCCCCc1ccc(C(=O)Nc2ccc3c(c2)NC(N)N3CCCC)cc1. The van der Waals surface area contributed by atoms with Crippen molar-refractivity contribution in [1.29, 1.82) is 0 Å². The van der Waals surface area contributed by atoms with Crippen LogP contribution in [0.25, 0.3) is 0 Å². The molecule has 1 atom stereocenters. The van der Waals surface area contributed by atoms with Crippen molar-refractivity contribution in [2.75, 3.05) is 22.1 Å². The number of nitrogens with two attached hydrogens (primary N) is 1. The lowest BCUT2D eigenvalue weighted by Gasteiger charge is -2.23. The Morgan fingerprint density at radius 2 is 1.82 bits per heavy atom. The molecule has 0 aromatic heterocycles. The lowest BCUT2D eigenvalue weighted by molar-refractivity contribution is 0.102. The molecule has 4 N–H and O–H groups in total. The van der Waals surface area contributed by atoms with Gasteiger partial charge in [0.1, 0.15) is 0 Å². The third-order valence-corrected chi connectivity index (χ3v) is 5.24. The van der Waals surface area contributed by atoms with Crippen molar-refractivity contribution in [3.05, 3.63) is 53.6 Å². The molecular weight excluding hydrogens is 348 g/mol. The van der Waals surface area contributed by atoms with Crippen molar-refractivity contribution in [1.82, 2.24) is 0 Å². The minimum absolute atomic E-state index is 0.0924. The van der Waals surface area contributed by atoms with Gasteiger partial charge in [-0.05, 0) is 55.2 Å². The average Bonchev–Trinajstić information content (AvgIpc) is 3.01. The van der Waals surface area contributed by atoms with E-state index in [1.54, 1.807) is 0 Å². The van der Waals surface area contributed by atoms with Crippen LogP contribution in [0.2, 0.25) is 0 Å². The number of hydrogen-bond donors (Lipinski definition) is 3. The van der Waals surface area contributed by atoms with E-state index in [2.05, 4.69) is 41.5 Å². The minimum Gasteiger partial charge on any atom is -0.351 e. The van der Waals surface area contributed by atoms with Gasteiger partial charge in [0.2, 0.25) is 0 Å². The van der Waals surface area contributed by atoms with E-state index >= 15 is 0 Å². The van der Waals surface area contributed by atoms with Crippen LogP contribution in [0.4, 0.5) is 17.1 Å². The summed E-state index contributed by atoms with van der Waals surface area (Å²) in [4.78, 5) is 14.8. The molecule has 1 aliphatic rings. The van der Waals surface area contributed by atoms with Crippen LogP contribution in [0.1, 0.15) is 61.9 Å². The number of nitrogens with zero attached hydrogens (tertiary/aromatic N) is 1. The van der Waals surface area contributed by atoms with Gasteiger partial charge in [-0.1, -0.05) is 45.2 Å². The Bertz CT molecular complexity index is 788. The maximum atomic E-state index is 12.6. The van der Waals surface area contributed by atoms with E-state index in [0.717, 1.165) is 42.9 Å². The Morgan fingerprint density at radius 3 is 2.54 bits per heavy atom. The molecule has 3 rings (SSSR count). The Kier molecular flexibility index (Phi) is 6.93. The number of hydrogen-bond acceptors (Lipinski definition) is 4. The second kappa shape index (κ2) is 9.60. The minimum atomic E-state index is -0.215.